The first-order chi connectivity index (χ1) is 9.63. The predicted octanol–water partition coefficient (Wildman–Crippen LogP) is 2.64. The summed E-state index contributed by atoms with van der Waals surface area (Å²) in [4.78, 5) is 12.0. The number of carbonyl (C=O) groups excluding carboxylic acids is 1. The number of methoxy groups -OCH3 is 1. The Morgan fingerprint density at radius 2 is 2.10 bits per heavy atom. The van der Waals surface area contributed by atoms with Crippen molar-refractivity contribution in [3.05, 3.63) is 22.7 Å². The van der Waals surface area contributed by atoms with E-state index in [4.69, 9.17) is 26.8 Å². The number of nitrogens with two attached hydrogens (primary N) is 1. The highest BCUT2D eigenvalue weighted by atomic mass is 35.5. The lowest BCUT2D eigenvalue weighted by molar-refractivity contribution is 0.0952. The number of amides is 1. The second kappa shape index (κ2) is 10.5. The summed E-state index contributed by atoms with van der Waals surface area (Å²) in [6, 6.07) is 3.20. The van der Waals surface area contributed by atoms with E-state index in [1.54, 1.807) is 12.1 Å². The molecule has 0 fully saturated rings. The smallest absolute Gasteiger partial charge is 0.251 e. The fourth-order valence-corrected chi connectivity index (χ4v) is 1.97. The first-order valence-corrected chi connectivity index (χ1v) is 7.00. The summed E-state index contributed by atoms with van der Waals surface area (Å²) in [7, 11) is 1.51. The maximum atomic E-state index is 12.0. The van der Waals surface area contributed by atoms with Gasteiger partial charge in [-0.2, -0.15) is 0 Å². The van der Waals surface area contributed by atoms with Crippen molar-refractivity contribution < 1.29 is 14.3 Å². The van der Waals surface area contributed by atoms with Crippen LogP contribution in [0.2, 0.25) is 5.02 Å². The molecule has 0 atom stereocenters. The Morgan fingerprint density at radius 1 is 1.38 bits per heavy atom. The average Bonchev–Trinajstić information content (AvgIpc) is 2.45. The van der Waals surface area contributed by atoms with Crippen LogP contribution in [0.25, 0.3) is 0 Å². The van der Waals surface area contributed by atoms with Crippen molar-refractivity contribution in [3.8, 4) is 11.5 Å². The summed E-state index contributed by atoms with van der Waals surface area (Å²) in [6.45, 7) is 3.54. The molecule has 1 aromatic rings. The van der Waals surface area contributed by atoms with Crippen LogP contribution in [0.4, 0.5) is 0 Å². The molecular weight excluding hydrogens is 315 g/mol. The number of unbranched alkanes of at least 4 members (excludes halogenated alkanes) is 1. The summed E-state index contributed by atoms with van der Waals surface area (Å²) >= 11 is 6.12. The van der Waals surface area contributed by atoms with Crippen LogP contribution in [-0.4, -0.2) is 32.7 Å². The Morgan fingerprint density at radius 3 is 2.67 bits per heavy atom. The Kier molecular flexibility index (Phi) is 9.95. The van der Waals surface area contributed by atoms with Crippen LogP contribution < -0.4 is 20.5 Å². The molecule has 0 saturated heterocycles. The number of hydrogen-bond donors (Lipinski definition) is 2. The highest BCUT2D eigenvalue weighted by Crippen LogP contribution is 2.36. The third-order valence-corrected chi connectivity index (χ3v) is 2.98. The van der Waals surface area contributed by atoms with E-state index in [2.05, 4.69) is 5.32 Å². The van der Waals surface area contributed by atoms with Gasteiger partial charge in [0.05, 0.1) is 18.7 Å². The third kappa shape index (κ3) is 5.99. The molecule has 21 heavy (non-hydrogen) atoms. The molecule has 0 aliphatic rings. The zero-order valence-corrected chi connectivity index (χ0v) is 13.9. The van der Waals surface area contributed by atoms with Gasteiger partial charge in [0.1, 0.15) is 0 Å². The lowest BCUT2D eigenvalue weighted by Crippen LogP contribution is -2.25. The molecule has 1 amide bonds. The molecule has 0 aliphatic heterocycles. The Hall–Kier alpha value is -1.17. The van der Waals surface area contributed by atoms with Crippen molar-refractivity contribution in [2.24, 2.45) is 5.73 Å². The second-order valence-corrected chi connectivity index (χ2v) is 4.58. The maximum Gasteiger partial charge on any atom is 0.251 e. The maximum absolute atomic E-state index is 12.0. The third-order valence-electron chi connectivity index (χ3n) is 2.70. The second-order valence-electron chi connectivity index (χ2n) is 4.17. The minimum absolute atomic E-state index is 0. The minimum atomic E-state index is -0.190. The van der Waals surface area contributed by atoms with Crippen molar-refractivity contribution >= 4 is 29.9 Å². The van der Waals surface area contributed by atoms with Gasteiger partial charge < -0.3 is 20.5 Å². The van der Waals surface area contributed by atoms with Gasteiger partial charge in [-0.15, -0.1) is 12.4 Å². The van der Waals surface area contributed by atoms with Crippen LogP contribution in [-0.2, 0) is 0 Å². The van der Waals surface area contributed by atoms with E-state index < -0.39 is 0 Å². The van der Waals surface area contributed by atoms with E-state index in [9.17, 15) is 4.79 Å². The van der Waals surface area contributed by atoms with Gasteiger partial charge in [-0.3, -0.25) is 4.79 Å². The number of benzene rings is 1. The Balaban J connectivity index is 0.00000400. The Labute approximate surface area is 136 Å². The first kappa shape index (κ1) is 19.8. The van der Waals surface area contributed by atoms with E-state index >= 15 is 0 Å². The van der Waals surface area contributed by atoms with E-state index in [1.165, 1.54) is 7.11 Å². The lowest BCUT2D eigenvalue weighted by Gasteiger charge is -2.13. The molecule has 1 aromatic carbocycles. The fourth-order valence-electron chi connectivity index (χ4n) is 1.71. The summed E-state index contributed by atoms with van der Waals surface area (Å²) in [6.07, 6.45) is 1.73. The van der Waals surface area contributed by atoms with Crippen LogP contribution >= 0.6 is 24.0 Å². The number of halogens is 2. The van der Waals surface area contributed by atoms with Crippen molar-refractivity contribution in [2.45, 2.75) is 19.8 Å². The highest BCUT2D eigenvalue weighted by molar-refractivity contribution is 6.32. The molecule has 0 bridgehead atoms. The molecule has 1 rings (SSSR count). The largest absolute Gasteiger partial charge is 0.493 e. The number of hydrogen-bond acceptors (Lipinski definition) is 4. The quantitative estimate of drug-likeness (QED) is 0.715. The summed E-state index contributed by atoms with van der Waals surface area (Å²) in [5, 5.41) is 3.17. The van der Waals surface area contributed by atoms with Gasteiger partial charge in [-0.05, 0) is 38.4 Å². The summed E-state index contributed by atoms with van der Waals surface area (Å²) < 4.78 is 10.6. The van der Waals surface area contributed by atoms with Crippen molar-refractivity contribution in [1.82, 2.24) is 5.32 Å². The molecule has 3 N–H and O–H groups in total. The number of rotatable bonds is 8. The van der Waals surface area contributed by atoms with Gasteiger partial charge in [0, 0.05) is 12.1 Å². The van der Waals surface area contributed by atoms with Crippen LogP contribution in [0.5, 0.6) is 11.5 Å². The van der Waals surface area contributed by atoms with Gasteiger partial charge in [-0.1, -0.05) is 11.6 Å². The van der Waals surface area contributed by atoms with Crippen molar-refractivity contribution in [3.63, 3.8) is 0 Å². The summed E-state index contributed by atoms with van der Waals surface area (Å²) in [5.41, 5.74) is 5.85. The van der Waals surface area contributed by atoms with Gasteiger partial charge in [-0.25, -0.2) is 0 Å². The molecule has 0 unspecified atom stereocenters. The normalized spacial score (nSPS) is 9.71. The number of carbonyl (C=O) groups is 1. The number of nitrogens with one attached hydrogen (secondary N) is 1. The molecule has 7 heteroatoms. The SMILES string of the molecule is CCOc1c(Cl)cc(C(=O)NCCCCN)cc1OC.Cl. The molecule has 0 spiro atoms. The topological polar surface area (TPSA) is 73.6 Å². The Bertz CT molecular complexity index is 456. The lowest BCUT2D eigenvalue weighted by atomic mass is 10.2. The molecule has 0 aromatic heterocycles. The fraction of sp³-hybridized carbons (Fsp3) is 0.500. The molecule has 0 heterocycles. The molecular formula is C14H22Cl2N2O3. The van der Waals surface area contributed by atoms with Crippen molar-refractivity contribution in [1.29, 1.82) is 0 Å². The molecule has 120 valence electrons. The van der Waals surface area contributed by atoms with E-state index in [1.807, 2.05) is 6.92 Å². The molecule has 0 saturated carbocycles. The van der Waals surface area contributed by atoms with Gasteiger partial charge in [0.25, 0.3) is 5.91 Å². The predicted molar refractivity (Wildman–Crippen MR) is 87.0 cm³/mol. The van der Waals surface area contributed by atoms with Gasteiger partial charge >= 0.3 is 0 Å². The zero-order chi connectivity index (χ0) is 15.0. The van der Waals surface area contributed by atoms with E-state index in [0.717, 1.165) is 12.8 Å². The van der Waals surface area contributed by atoms with Crippen molar-refractivity contribution in [2.75, 3.05) is 26.8 Å². The molecule has 0 aliphatic carbocycles. The highest BCUT2D eigenvalue weighted by Gasteiger charge is 2.15. The summed E-state index contributed by atoms with van der Waals surface area (Å²) in [5.74, 6) is 0.716. The molecule has 0 radical (unpaired) electrons. The van der Waals surface area contributed by atoms with E-state index in [0.29, 0.717) is 41.8 Å². The van der Waals surface area contributed by atoms with Crippen LogP contribution in [0.1, 0.15) is 30.1 Å². The zero-order valence-electron chi connectivity index (χ0n) is 12.3. The number of ether oxygens (including phenoxy) is 2. The molecule has 5 nitrogen and oxygen atoms in total. The van der Waals surface area contributed by atoms with Crippen LogP contribution in [0.15, 0.2) is 12.1 Å². The van der Waals surface area contributed by atoms with Crippen LogP contribution in [0, 0.1) is 0 Å². The minimum Gasteiger partial charge on any atom is -0.493 e. The van der Waals surface area contributed by atoms with Gasteiger partial charge in [0.15, 0.2) is 11.5 Å². The van der Waals surface area contributed by atoms with E-state index in [-0.39, 0.29) is 18.3 Å². The first-order valence-electron chi connectivity index (χ1n) is 6.62. The standard InChI is InChI=1S/C14H21ClN2O3.ClH/c1-3-20-13-11(15)8-10(9-12(13)19-2)14(18)17-7-5-4-6-16;/h8-9H,3-7,16H2,1-2H3,(H,17,18);1H. The van der Waals surface area contributed by atoms with Crippen LogP contribution in [0.3, 0.4) is 0 Å². The monoisotopic (exact) mass is 336 g/mol. The van der Waals surface area contributed by atoms with Gasteiger partial charge in [0.2, 0.25) is 0 Å². The average molecular weight is 337 g/mol.